The molecular weight excluding hydrogens is 822 g/mol. The second-order valence-corrected chi connectivity index (χ2v) is 13.4. The minimum absolute atomic E-state index is 0. The molecule has 5 heterocycles. The summed E-state index contributed by atoms with van der Waals surface area (Å²) in [7, 11) is 0. The summed E-state index contributed by atoms with van der Waals surface area (Å²) in [5.41, 5.74) is 13.1. The molecule has 252 valence electrons. The van der Waals surface area contributed by atoms with Crippen molar-refractivity contribution in [2.75, 3.05) is 0 Å². The number of ether oxygens (including phenoxy) is 1. The molecule has 10 aromatic rings. The standard InChI is InChI=1S/C45H31N5O.Pt/c1-26-9-5-10-27(2)40(26)36-14-7-13-34-32-18-16-30(23-37(32)43-47-21-22-49(43)42(34)36)51-31-17-19-33-35-15-8-20-46-44(35)50-39(25-48-45(50)38(33)24-31)41-28(3)11-6-12-29(41)4;/h5-22,25H,1-4H3;/q-2;+2. The van der Waals surface area contributed by atoms with Crippen molar-refractivity contribution in [3.05, 3.63) is 150 Å². The summed E-state index contributed by atoms with van der Waals surface area (Å²) in [6, 6.07) is 38.7. The molecule has 0 aliphatic heterocycles. The van der Waals surface area contributed by atoms with Gasteiger partial charge in [0, 0.05) is 52.9 Å². The van der Waals surface area contributed by atoms with Crippen molar-refractivity contribution < 1.29 is 25.8 Å². The van der Waals surface area contributed by atoms with Gasteiger partial charge in [-0.25, -0.2) is 4.98 Å². The topological polar surface area (TPSA) is 56.7 Å². The number of pyridine rings is 3. The van der Waals surface area contributed by atoms with Gasteiger partial charge in [0.1, 0.15) is 5.65 Å². The summed E-state index contributed by atoms with van der Waals surface area (Å²) in [4.78, 5) is 14.6. The first-order valence-corrected chi connectivity index (χ1v) is 17.1. The number of fused-ring (bicyclic) bond motifs is 12. The summed E-state index contributed by atoms with van der Waals surface area (Å²) in [6.07, 6.45) is 7.68. The van der Waals surface area contributed by atoms with Crippen LogP contribution < -0.4 is 4.74 Å². The van der Waals surface area contributed by atoms with Gasteiger partial charge in [-0.05, 0) is 72.4 Å². The van der Waals surface area contributed by atoms with Crippen molar-refractivity contribution in [1.29, 1.82) is 0 Å². The molecule has 0 aliphatic carbocycles. The molecule has 52 heavy (non-hydrogen) atoms. The first-order valence-electron chi connectivity index (χ1n) is 17.1. The van der Waals surface area contributed by atoms with Gasteiger partial charge in [0.2, 0.25) is 0 Å². The fourth-order valence-electron chi connectivity index (χ4n) is 8.04. The smallest absolute Gasteiger partial charge is 0.497 e. The third-order valence-electron chi connectivity index (χ3n) is 10.3. The van der Waals surface area contributed by atoms with Crippen LogP contribution in [0.1, 0.15) is 22.3 Å². The van der Waals surface area contributed by atoms with E-state index in [0.717, 1.165) is 66.0 Å². The van der Waals surface area contributed by atoms with E-state index in [9.17, 15) is 0 Å². The molecule has 0 aliphatic rings. The molecule has 0 saturated heterocycles. The SMILES string of the molecule is Cc1cccc(C)c1-c1cccc2c3ccc(Oc4[c-]c5c(cc4)c4cccnc4n4c(-c6c(C)cccc6C)cnc54)[c-]c3c3nccn3c12.[Pt+2]. The predicted octanol–water partition coefficient (Wildman–Crippen LogP) is 10.9. The molecule has 7 heteroatoms. The third kappa shape index (κ3) is 4.71. The van der Waals surface area contributed by atoms with Crippen molar-refractivity contribution in [2.24, 2.45) is 0 Å². The zero-order chi connectivity index (χ0) is 34.4. The zero-order valence-corrected chi connectivity index (χ0v) is 31.2. The van der Waals surface area contributed by atoms with Crippen LogP contribution in [0.5, 0.6) is 11.5 Å². The van der Waals surface area contributed by atoms with Crippen LogP contribution in [0.25, 0.3) is 77.2 Å². The summed E-state index contributed by atoms with van der Waals surface area (Å²) in [5, 5.41) is 6.02. The van der Waals surface area contributed by atoms with E-state index in [-0.39, 0.29) is 21.1 Å². The van der Waals surface area contributed by atoms with Crippen LogP contribution in [0.15, 0.2) is 116 Å². The molecule has 5 aromatic heterocycles. The molecule has 0 bridgehead atoms. The summed E-state index contributed by atoms with van der Waals surface area (Å²) in [6.45, 7) is 8.63. The summed E-state index contributed by atoms with van der Waals surface area (Å²) >= 11 is 0. The Morgan fingerprint density at radius 1 is 0.538 bits per heavy atom. The largest absolute Gasteiger partial charge is 2.00 e. The Labute approximate surface area is 314 Å². The van der Waals surface area contributed by atoms with Crippen molar-refractivity contribution in [2.45, 2.75) is 27.7 Å². The van der Waals surface area contributed by atoms with Gasteiger partial charge < -0.3 is 13.5 Å². The number of para-hydroxylation sites is 1. The number of nitrogens with zero attached hydrogens (tertiary/aromatic N) is 5. The minimum atomic E-state index is 0. The Morgan fingerprint density at radius 3 is 1.85 bits per heavy atom. The quantitative estimate of drug-likeness (QED) is 0.131. The van der Waals surface area contributed by atoms with Crippen molar-refractivity contribution in [1.82, 2.24) is 23.8 Å². The first-order chi connectivity index (χ1) is 25.0. The molecule has 0 radical (unpaired) electrons. The Kier molecular flexibility index (Phi) is 7.49. The second-order valence-electron chi connectivity index (χ2n) is 13.4. The van der Waals surface area contributed by atoms with Gasteiger partial charge in [-0.2, -0.15) is 0 Å². The Hall–Kier alpha value is -5.84. The van der Waals surface area contributed by atoms with E-state index in [4.69, 9.17) is 19.7 Å². The van der Waals surface area contributed by atoms with E-state index >= 15 is 0 Å². The van der Waals surface area contributed by atoms with Crippen LogP contribution in [-0.2, 0) is 21.1 Å². The number of rotatable bonds is 4. The molecular formula is C45H31N5OPt. The van der Waals surface area contributed by atoms with E-state index in [2.05, 4.69) is 121 Å². The first kappa shape index (κ1) is 32.1. The van der Waals surface area contributed by atoms with Crippen molar-refractivity contribution in [3.8, 4) is 33.9 Å². The number of hydrogen-bond donors (Lipinski definition) is 0. The fraction of sp³-hybridized carbons (Fsp3) is 0.0889. The molecule has 0 unspecified atom stereocenters. The third-order valence-corrected chi connectivity index (χ3v) is 10.3. The van der Waals surface area contributed by atoms with E-state index < -0.39 is 0 Å². The van der Waals surface area contributed by atoms with Gasteiger partial charge >= 0.3 is 21.1 Å². The molecule has 0 fully saturated rings. The molecule has 10 rings (SSSR count). The number of imidazole rings is 2. The summed E-state index contributed by atoms with van der Waals surface area (Å²) < 4.78 is 10.9. The monoisotopic (exact) mass is 852 g/mol. The van der Waals surface area contributed by atoms with E-state index in [1.807, 2.05) is 43.0 Å². The second kappa shape index (κ2) is 12.1. The number of benzene rings is 5. The maximum absolute atomic E-state index is 6.55. The fourth-order valence-corrected chi connectivity index (χ4v) is 8.04. The van der Waals surface area contributed by atoms with Crippen molar-refractivity contribution in [3.63, 3.8) is 0 Å². The van der Waals surface area contributed by atoms with E-state index in [1.54, 1.807) is 0 Å². The average Bonchev–Trinajstić information content (AvgIpc) is 3.81. The molecule has 0 spiro atoms. The number of aromatic nitrogens is 5. The van der Waals surface area contributed by atoms with E-state index in [1.165, 1.54) is 33.4 Å². The Balaban J connectivity index is 0.00000360. The van der Waals surface area contributed by atoms with Crippen LogP contribution in [-0.4, -0.2) is 23.8 Å². The average molecular weight is 853 g/mol. The van der Waals surface area contributed by atoms with Gasteiger partial charge in [0.15, 0.2) is 0 Å². The Morgan fingerprint density at radius 2 is 1.13 bits per heavy atom. The predicted molar refractivity (Wildman–Crippen MR) is 206 cm³/mol. The van der Waals surface area contributed by atoms with Gasteiger partial charge in [-0.3, -0.25) is 9.97 Å². The van der Waals surface area contributed by atoms with E-state index in [0.29, 0.717) is 11.5 Å². The van der Waals surface area contributed by atoms with Crippen LogP contribution >= 0.6 is 0 Å². The van der Waals surface area contributed by atoms with Crippen molar-refractivity contribution >= 4 is 54.8 Å². The van der Waals surface area contributed by atoms with Gasteiger partial charge in [0.25, 0.3) is 0 Å². The molecule has 0 amide bonds. The van der Waals surface area contributed by atoms with Crippen LogP contribution in [0.4, 0.5) is 0 Å². The zero-order valence-electron chi connectivity index (χ0n) is 28.9. The molecule has 0 N–H and O–H groups in total. The molecule has 0 atom stereocenters. The number of aryl methyl sites for hydroxylation is 4. The maximum atomic E-state index is 6.55. The maximum Gasteiger partial charge on any atom is 2.00 e. The normalized spacial score (nSPS) is 11.7. The molecule has 6 nitrogen and oxygen atoms in total. The molecule has 5 aromatic carbocycles. The molecule has 0 saturated carbocycles. The minimum Gasteiger partial charge on any atom is -0.497 e. The van der Waals surface area contributed by atoms with Gasteiger partial charge in [0.05, 0.1) is 17.0 Å². The Bertz CT molecular complexity index is 3030. The van der Waals surface area contributed by atoms with Crippen LogP contribution in [0.3, 0.4) is 0 Å². The van der Waals surface area contributed by atoms with Gasteiger partial charge in [-0.15, -0.1) is 12.1 Å². The number of hydrogen-bond acceptors (Lipinski definition) is 4. The summed E-state index contributed by atoms with van der Waals surface area (Å²) in [5.74, 6) is 1.17. The van der Waals surface area contributed by atoms with Gasteiger partial charge in [-0.1, -0.05) is 106 Å². The van der Waals surface area contributed by atoms with Crippen LogP contribution in [0.2, 0.25) is 0 Å². The van der Waals surface area contributed by atoms with Crippen LogP contribution in [0, 0.1) is 39.8 Å².